The van der Waals surface area contributed by atoms with Gasteiger partial charge in [0, 0.05) is 24.2 Å². The summed E-state index contributed by atoms with van der Waals surface area (Å²) in [5.74, 6) is 7.97. The van der Waals surface area contributed by atoms with E-state index >= 15 is 0 Å². The molecule has 4 aromatic rings. The molecule has 335 valence electrons. The Balaban J connectivity index is 0.804. The number of nitrogens with one attached hydrogen (secondary N) is 4. The molecular weight excluding hydrogens is 825 g/mol. The molecule has 0 unspecified atom stereocenters. The highest BCUT2D eigenvalue weighted by molar-refractivity contribution is 6.90. The molecule has 6 aliphatic rings. The van der Waals surface area contributed by atoms with Gasteiger partial charge in [-0.2, -0.15) is 0 Å². The minimum absolute atomic E-state index is 0.00106. The molecule has 4 saturated carbocycles. The predicted octanol–water partition coefficient (Wildman–Crippen LogP) is 8.62. The molecule has 1 radical (unpaired) electrons. The Bertz CT molecular complexity index is 2510. The van der Waals surface area contributed by atoms with Crippen LogP contribution in [0.1, 0.15) is 140 Å². The number of rotatable bonds is 11. The molecule has 2 saturated heterocycles. The fraction of sp³-hybridized carbons (Fsp3) is 0.551. The van der Waals surface area contributed by atoms with E-state index in [0.29, 0.717) is 13.1 Å². The molecule has 14 nitrogen and oxygen atoms in total. The van der Waals surface area contributed by atoms with Crippen LogP contribution in [0.3, 0.4) is 0 Å². The van der Waals surface area contributed by atoms with Crippen molar-refractivity contribution in [1.29, 1.82) is 0 Å². The number of imidazole rings is 2. The van der Waals surface area contributed by atoms with Crippen molar-refractivity contribution in [2.45, 2.75) is 141 Å². The fourth-order valence-corrected chi connectivity index (χ4v) is 11.5. The first-order valence-corrected chi connectivity index (χ1v) is 25.0. The van der Waals surface area contributed by atoms with Crippen LogP contribution in [0.4, 0.5) is 14.4 Å². The van der Waals surface area contributed by atoms with Crippen molar-refractivity contribution in [3.8, 4) is 23.1 Å². The zero-order valence-corrected chi connectivity index (χ0v) is 38.3. The maximum absolute atomic E-state index is 14.2. The van der Waals surface area contributed by atoms with Crippen LogP contribution in [-0.2, 0) is 14.3 Å². The van der Waals surface area contributed by atoms with Crippen molar-refractivity contribution in [2.75, 3.05) is 13.1 Å². The van der Waals surface area contributed by atoms with Crippen LogP contribution in [0.5, 0.6) is 0 Å². The molecule has 2 aliphatic heterocycles. The molecule has 2 aromatic carbocycles. The lowest BCUT2D eigenvalue weighted by atomic mass is 9.96. The second kappa shape index (κ2) is 16.7. The van der Waals surface area contributed by atoms with Crippen LogP contribution in [0.2, 0.25) is 5.54 Å². The number of nitrogens with zero attached hydrogens (tertiary/aromatic N) is 4. The third-order valence-corrected chi connectivity index (χ3v) is 17.0. The van der Waals surface area contributed by atoms with Crippen LogP contribution in [0.15, 0.2) is 48.7 Å². The predicted molar refractivity (Wildman–Crippen MR) is 242 cm³/mol. The Morgan fingerprint density at radius 3 is 2.00 bits per heavy atom. The number of hydrogen-bond acceptors (Lipinski definition) is 8. The second-order valence-electron chi connectivity index (χ2n) is 20.2. The summed E-state index contributed by atoms with van der Waals surface area (Å²) in [6.45, 7) is 9.26. The number of fused-ring (bicyclic) bond motifs is 1. The Morgan fingerprint density at radius 1 is 0.781 bits per heavy atom. The van der Waals surface area contributed by atoms with Gasteiger partial charge in [-0.1, -0.05) is 51.7 Å². The van der Waals surface area contributed by atoms with Gasteiger partial charge in [-0.05, 0) is 135 Å². The van der Waals surface area contributed by atoms with Gasteiger partial charge in [0.05, 0.1) is 35.0 Å². The van der Waals surface area contributed by atoms with Crippen molar-refractivity contribution in [2.24, 2.45) is 16.7 Å². The highest BCUT2D eigenvalue weighted by atomic mass is 28.3. The Hall–Kier alpha value is -5.62. The topological polar surface area (TPSA) is 175 Å². The van der Waals surface area contributed by atoms with Gasteiger partial charge in [-0.15, -0.1) is 0 Å². The van der Waals surface area contributed by atoms with E-state index in [-0.39, 0.29) is 58.0 Å². The molecule has 4 N–H and O–H groups in total. The van der Waals surface area contributed by atoms with Gasteiger partial charge in [0.2, 0.25) is 11.4 Å². The number of H-pyrrole nitrogens is 2. The first kappa shape index (κ1) is 42.3. The largest absolute Gasteiger partial charge is 0.447 e. The summed E-state index contributed by atoms with van der Waals surface area (Å²) in [6, 6.07) is 12.9. The van der Waals surface area contributed by atoms with E-state index in [1.807, 2.05) is 86.2 Å². The van der Waals surface area contributed by atoms with Crippen molar-refractivity contribution in [3.05, 3.63) is 71.4 Å². The van der Waals surface area contributed by atoms with Crippen molar-refractivity contribution in [1.82, 2.24) is 40.0 Å². The highest BCUT2D eigenvalue weighted by Crippen LogP contribution is 2.59. The van der Waals surface area contributed by atoms with Crippen LogP contribution in [0, 0.1) is 28.6 Å². The van der Waals surface area contributed by atoms with Gasteiger partial charge in [-0.3, -0.25) is 9.59 Å². The highest BCUT2D eigenvalue weighted by Gasteiger charge is 2.56. The van der Waals surface area contributed by atoms with Crippen LogP contribution >= 0.6 is 0 Å². The molecule has 2 spiro atoms. The molecule has 2 aromatic heterocycles. The number of ether oxygens (including phenoxy) is 2. The van der Waals surface area contributed by atoms with Gasteiger partial charge in [0.25, 0.3) is 8.96 Å². The van der Waals surface area contributed by atoms with E-state index in [0.717, 1.165) is 122 Å². The second-order valence-corrected chi connectivity index (χ2v) is 22.8. The van der Waals surface area contributed by atoms with E-state index in [4.69, 9.17) is 19.4 Å². The summed E-state index contributed by atoms with van der Waals surface area (Å²) in [7, 11) is -1.95. The van der Waals surface area contributed by atoms with Gasteiger partial charge >= 0.3 is 12.2 Å². The SMILES string of the molecule is CC(C)[C@H](NC(=O)OC1CCC1)C(=O)N1CC2(CC2)C[C@H]1c1ncc(-c2ccc(C#Cc3ccc4nc([C@@H]5CC6(CC6)CN5C(=O)[Si](NC(=O)OC5CCC5)C(C)C)[nH]c4c3)cc2)[nH]1. The Labute approximate surface area is 376 Å². The smallest absolute Gasteiger partial charge is 0.408 e. The number of amides is 4. The number of carbonyl (C=O) groups excluding carboxylic acids is 4. The van der Waals surface area contributed by atoms with Crippen molar-refractivity contribution < 1.29 is 28.7 Å². The Kier molecular flexibility index (Phi) is 11.1. The van der Waals surface area contributed by atoms with Crippen molar-refractivity contribution in [3.63, 3.8) is 0 Å². The maximum atomic E-state index is 14.2. The minimum Gasteiger partial charge on any atom is -0.447 e. The number of likely N-dealkylation sites (tertiary alicyclic amines) is 2. The lowest BCUT2D eigenvalue weighted by molar-refractivity contribution is -0.135. The van der Waals surface area contributed by atoms with E-state index in [9.17, 15) is 19.2 Å². The third-order valence-electron chi connectivity index (χ3n) is 14.7. The number of alkyl carbamates (subject to hydrolysis) is 1. The van der Waals surface area contributed by atoms with Gasteiger partial charge in [-0.25, -0.2) is 19.6 Å². The summed E-state index contributed by atoms with van der Waals surface area (Å²) in [6.07, 6.45) is 12.5. The van der Waals surface area contributed by atoms with Crippen LogP contribution in [-0.4, -0.2) is 93.7 Å². The number of benzene rings is 2. The van der Waals surface area contributed by atoms with Gasteiger partial charge < -0.3 is 39.5 Å². The van der Waals surface area contributed by atoms with E-state index < -0.39 is 27.2 Å². The molecule has 0 bridgehead atoms. The number of carbonyl (C=O) groups is 4. The minimum atomic E-state index is -1.95. The van der Waals surface area contributed by atoms with E-state index in [2.05, 4.69) is 32.1 Å². The van der Waals surface area contributed by atoms with Crippen LogP contribution in [0.25, 0.3) is 22.3 Å². The summed E-state index contributed by atoms with van der Waals surface area (Å²) >= 11 is 0. The lowest BCUT2D eigenvalue weighted by Crippen LogP contribution is -2.54. The molecule has 4 aliphatic carbocycles. The normalized spacial score (nSPS) is 22.4. The fourth-order valence-electron chi connectivity index (χ4n) is 9.79. The molecule has 4 amide bonds. The monoisotopic (exact) mass is 883 g/mol. The standard InChI is InChI=1S/C49H59N8O6Si/c1-29(2)41(54-45(59)62-34-7-5-8-34)44(58)56-27-48(19-20-48)24-39(56)42-50-26-38(53-42)33-16-13-31(14-17-33)11-12-32-15-18-36-37(23-32)52-43(51-36)40-25-49(21-22-49)28-57(40)47(61)64(30(3)4)55-46(60)63-35-9-6-10-35/h13-18,23,26,29-30,34-35,39-41H,5-10,19-22,24-25,27-28H2,1-4H3,(H,50,53)(H,51,52)(H,54,59)(H,55,60)/t39-,40-,41-/m0/s1. The van der Waals surface area contributed by atoms with E-state index in [1.54, 1.807) is 0 Å². The summed E-state index contributed by atoms with van der Waals surface area (Å²) in [4.78, 5) is 77.6. The molecule has 4 heterocycles. The first-order valence-electron chi connectivity index (χ1n) is 23.4. The average Bonchev–Trinajstić information content (AvgIpc) is 3.86. The summed E-state index contributed by atoms with van der Waals surface area (Å²) < 4.78 is 11.1. The number of aromatic nitrogens is 4. The first-order chi connectivity index (χ1) is 30.8. The number of aromatic amines is 2. The molecule has 6 fully saturated rings. The average molecular weight is 884 g/mol. The molecule has 10 rings (SSSR count). The Morgan fingerprint density at radius 2 is 1.39 bits per heavy atom. The molecule has 15 heteroatoms. The molecule has 64 heavy (non-hydrogen) atoms. The zero-order valence-electron chi connectivity index (χ0n) is 37.3. The van der Waals surface area contributed by atoms with Gasteiger partial charge in [0.15, 0.2) is 0 Å². The number of hydrogen-bond donors (Lipinski definition) is 4. The van der Waals surface area contributed by atoms with Crippen molar-refractivity contribution >= 4 is 43.6 Å². The van der Waals surface area contributed by atoms with E-state index in [1.165, 1.54) is 0 Å². The zero-order chi connectivity index (χ0) is 44.3. The molecule has 3 atom stereocenters. The summed E-state index contributed by atoms with van der Waals surface area (Å²) in [5, 5.41) is 2.89. The third kappa shape index (κ3) is 8.65. The quantitative estimate of drug-likeness (QED) is 0.0856. The summed E-state index contributed by atoms with van der Waals surface area (Å²) in [5.41, 5.74) is 5.48. The van der Waals surface area contributed by atoms with Gasteiger partial charge in [0.1, 0.15) is 29.9 Å². The van der Waals surface area contributed by atoms with Crippen LogP contribution < -0.4 is 10.3 Å². The maximum Gasteiger partial charge on any atom is 0.408 e. The lowest BCUT2D eigenvalue weighted by Gasteiger charge is -2.31. The molecular formula is C49H59N8O6Si.